The number of fused-ring (bicyclic) bond motifs is 7. The average molecular weight is 412 g/mol. The lowest BCUT2D eigenvalue weighted by Crippen LogP contribution is -2.10. The van der Waals surface area contributed by atoms with Crippen molar-refractivity contribution >= 4 is 5.82 Å². The van der Waals surface area contributed by atoms with Crippen LogP contribution in [0.25, 0.3) is 22.4 Å². The minimum Gasteiger partial charge on any atom is -0.482 e. The number of nitrogens with two attached hydrogens (primary N) is 1. The highest BCUT2D eigenvalue weighted by Gasteiger charge is 2.22. The summed E-state index contributed by atoms with van der Waals surface area (Å²) >= 11 is 0. The number of anilines is 1. The lowest BCUT2D eigenvalue weighted by atomic mass is 9.90. The van der Waals surface area contributed by atoms with Crippen molar-refractivity contribution in [2.24, 2.45) is 0 Å². The molecule has 4 heterocycles. The lowest BCUT2D eigenvalue weighted by molar-refractivity contribution is 0.228. The Morgan fingerprint density at radius 1 is 1.10 bits per heavy atom. The van der Waals surface area contributed by atoms with E-state index >= 15 is 0 Å². The molecule has 2 N–H and O–H groups in total. The highest BCUT2D eigenvalue weighted by atomic mass is 16.5. The van der Waals surface area contributed by atoms with Gasteiger partial charge in [-0.25, -0.2) is 4.98 Å². The van der Waals surface area contributed by atoms with Gasteiger partial charge in [0.15, 0.2) is 11.6 Å². The molecule has 1 aliphatic rings. The summed E-state index contributed by atoms with van der Waals surface area (Å²) in [5.74, 6) is 0.971. The van der Waals surface area contributed by atoms with E-state index in [2.05, 4.69) is 60.1 Å². The van der Waals surface area contributed by atoms with Crippen LogP contribution in [-0.2, 0) is 13.0 Å². The Bertz CT molecular complexity index is 1280. The third-order valence-corrected chi connectivity index (χ3v) is 5.89. The maximum Gasteiger partial charge on any atom is 0.166 e. The van der Waals surface area contributed by atoms with Gasteiger partial charge in [0.05, 0.1) is 11.9 Å². The minimum atomic E-state index is -0.203. The number of pyridine rings is 2. The van der Waals surface area contributed by atoms with Crippen molar-refractivity contribution in [3.8, 4) is 28.1 Å². The smallest absolute Gasteiger partial charge is 0.166 e. The second-order valence-electron chi connectivity index (χ2n) is 8.00. The van der Waals surface area contributed by atoms with Crippen LogP contribution < -0.4 is 10.5 Å². The molecule has 0 aliphatic carbocycles. The summed E-state index contributed by atoms with van der Waals surface area (Å²) in [6.07, 6.45) is 8.06. The molecule has 0 amide bonds. The van der Waals surface area contributed by atoms with Crippen molar-refractivity contribution in [3.63, 3.8) is 0 Å². The van der Waals surface area contributed by atoms with Crippen LogP contribution in [0, 0.1) is 6.92 Å². The van der Waals surface area contributed by atoms with Crippen molar-refractivity contribution in [1.29, 1.82) is 0 Å². The van der Waals surface area contributed by atoms with Crippen molar-refractivity contribution in [1.82, 2.24) is 19.7 Å². The van der Waals surface area contributed by atoms with E-state index in [0.717, 1.165) is 52.0 Å². The Balaban J connectivity index is 1.81. The highest BCUT2D eigenvalue weighted by molar-refractivity contribution is 5.74. The molecule has 3 aromatic heterocycles. The molecule has 1 aromatic carbocycles. The quantitative estimate of drug-likeness (QED) is 0.479. The summed E-state index contributed by atoms with van der Waals surface area (Å²) in [4.78, 5) is 8.86. The SMILES string of the molecule is CCn1ncc2c1-c1cnc(N)c(c1)OC(C)c1cc(C)ccc1-c1ccncc1C2. The molecule has 5 rings (SSSR count). The number of aromatic nitrogens is 4. The zero-order chi connectivity index (χ0) is 21.5. The molecule has 0 saturated carbocycles. The summed E-state index contributed by atoms with van der Waals surface area (Å²) in [6, 6.07) is 10.6. The van der Waals surface area contributed by atoms with Gasteiger partial charge in [-0.05, 0) is 49.6 Å². The van der Waals surface area contributed by atoms with Crippen LogP contribution in [0.15, 0.2) is 55.1 Å². The first-order valence-corrected chi connectivity index (χ1v) is 10.6. The van der Waals surface area contributed by atoms with Gasteiger partial charge in [-0.2, -0.15) is 5.10 Å². The fraction of sp³-hybridized carbons (Fsp3) is 0.240. The van der Waals surface area contributed by atoms with E-state index in [1.807, 2.05) is 29.3 Å². The van der Waals surface area contributed by atoms with E-state index in [1.54, 1.807) is 6.20 Å². The van der Waals surface area contributed by atoms with Gasteiger partial charge in [-0.3, -0.25) is 9.67 Å². The monoisotopic (exact) mass is 411 g/mol. The van der Waals surface area contributed by atoms with E-state index in [4.69, 9.17) is 10.5 Å². The number of aryl methyl sites for hydroxylation is 2. The fourth-order valence-corrected chi connectivity index (χ4v) is 4.36. The predicted molar refractivity (Wildman–Crippen MR) is 122 cm³/mol. The molecule has 6 heteroatoms. The van der Waals surface area contributed by atoms with E-state index in [1.165, 1.54) is 5.56 Å². The minimum absolute atomic E-state index is 0.203. The molecule has 0 saturated heterocycles. The summed E-state index contributed by atoms with van der Waals surface area (Å²) < 4.78 is 8.38. The van der Waals surface area contributed by atoms with Gasteiger partial charge >= 0.3 is 0 Å². The summed E-state index contributed by atoms with van der Waals surface area (Å²) in [5.41, 5.74) is 15.1. The Kier molecular flexibility index (Phi) is 4.70. The largest absolute Gasteiger partial charge is 0.482 e. The topological polar surface area (TPSA) is 78.9 Å². The van der Waals surface area contributed by atoms with Crippen molar-refractivity contribution in [3.05, 3.63) is 77.4 Å². The number of ether oxygens (including phenoxy) is 1. The van der Waals surface area contributed by atoms with Gasteiger partial charge in [0, 0.05) is 48.2 Å². The standard InChI is InChI=1S/C25H25N5O/c1-4-30-24-18(14-29-30)10-17-12-27-8-7-20(17)21-6-5-15(2)9-22(21)16(3)31-23-11-19(24)13-28-25(23)26/h5-9,11-14,16H,4,10H2,1-3H3,(H2,26,28). The third kappa shape index (κ3) is 3.34. The van der Waals surface area contributed by atoms with Crippen LogP contribution in [0.4, 0.5) is 5.82 Å². The van der Waals surface area contributed by atoms with Gasteiger partial charge < -0.3 is 10.5 Å². The number of rotatable bonds is 1. The molecule has 31 heavy (non-hydrogen) atoms. The molecule has 6 nitrogen and oxygen atoms in total. The first kappa shape index (κ1) is 19.3. The first-order chi connectivity index (χ1) is 15.0. The van der Waals surface area contributed by atoms with Crippen molar-refractivity contribution in [2.45, 2.75) is 39.8 Å². The Hall–Kier alpha value is -3.67. The number of benzene rings is 1. The van der Waals surface area contributed by atoms with Crippen molar-refractivity contribution in [2.75, 3.05) is 5.73 Å². The average Bonchev–Trinajstić information content (AvgIpc) is 3.17. The number of nitrogen functional groups attached to an aromatic ring is 1. The molecule has 0 fully saturated rings. The second-order valence-corrected chi connectivity index (χ2v) is 8.00. The van der Waals surface area contributed by atoms with Crippen LogP contribution in [0.3, 0.4) is 0 Å². The molecular weight excluding hydrogens is 386 g/mol. The molecule has 2 bridgehead atoms. The van der Waals surface area contributed by atoms with E-state index < -0.39 is 0 Å². The number of hydrogen-bond acceptors (Lipinski definition) is 5. The van der Waals surface area contributed by atoms with Gasteiger partial charge in [-0.1, -0.05) is 23.8 Å². The molecule has 1 unspecified atom stereocenters. The van der Waals surface area contributed by atoms with Gasteiger partial charge in [0.25, 0.3) is 0 Å². The molecule has 0 radical (unpaired) electrons. The summed E-state index contributed by atoms with van der Waals surface area (Å²) in [7, 11) is 0. The molecule has 4 aromatic rings. The Labute approximate surface area is 181 Å². The van der Waals surface area contributed by atoms with E-state index in [0.29, 0.717) is 11.6 Å². The molecule has 1 atom stereocenters. The number of hydrogen-bond donors (Lipinski definition) is 1. The van der Waals surface area contributed by atoms with Gasteiger partial charge in [0.1, 0.15) is 6.10 Å². The van der Waals surface area contributed by atoms with E-state index in [9.17, 15) is 0 Å². The summed E-state index contributed by atoms with van der Waals surface area (Å²) in [6.45, 7) is 6.99. The first-order valence-electron chi connectivity index (χ1n) is 10.6. The van der Waals surface area contributed by atoms with Gasteiger partial charge in [0.2, 0.25) is 0 Å². The molecule has 1 aliphatic heterocycles. The van der Waals surface area contributed by atoms with Crippen molar-refractivity contribution < 1.29 is 4.74 Å². The maximum absolute atomic E-state index is 6.39. The van der Waals surface area contributed by atoms with Crippen LogP contribution >= 0.6 is 0 Å². The summed E-state index contributed by atoms with van der Waals surface area (Å²) in [5, 5.41) is 4.62. The lowest BCUT2D eigenvalue weighted by Gasteiger charge is -2.22. The molecule has 156 valence electrons. The second kappa shape index (κ2) is 7.54. The predicted octanol–water partition coefficient (Wildman–Crippen LogP) is 4.96. The number of nitrogens with zero attached hydrogens (tertiary/aromatic N) is 4. The van der Waals surface area contributed by atoms with E-state index in [-0.39, 0.29) is 6.10 Å². The third-order valence-electron chi connectivity index (χ3n) is 5.89. The highest BCUT2D eigenvalue weighted by Crippen LogP contribution is 2.38. The zero-order valence-corrected chi connectivity index (χ0v) is 18.0. The van der Waals surface area contributed by atoms with Crippen LogP contribution in [0.2, 0.25) is 0 Å². The Morgan fingerprint density at radius 3 is 2.81 bits per heavy atom. The Morgan fingerprint density at radius 2 is 1.97 bits per heavy atom. The van der Waals surface area contributed by atoms with Crippen LogP contribution in [0.5, 0.6) is 5.75 Å². The maximum atomic E-state index is 6.39. The molecule has 0 spiro atoms. The normalized spacial score (nSPS) is 15.0. The molecular formula is C25H25N5O. The van der Waals surface area contributed by atoms with Gasteiger partial charge in [-0.15, -0.1) is 0 Å². The van der Waals surface area contributed by atoms with Crippen LogP contribution in [0.1, 0.15) is 42.2 Å². The fourth-order valence-electron chi connectivity index (χ4n) is 4.36. The zero-order valence-electron chi connectivity index (χ0n) is 18.0. The van der Waals surface area contributed by atoms with Crippen LogP contribution in [-0.4, -0.2) is 19.7 Å².